The van der Waals surface area contributed by atoms with Crippen LogP contribution in [0, 0.1) is 5.92 Å². The molecule has 16 heavy (non-hydrogen) atoms. The molecule has 1 unspecified atom stereocenters. The van der Waals surface area contributed by atoms with Gasteiger partial charge < -0.3 is 10.6 Å². The van der Waals surface area contributed by atoms with Crippen LogP contribution in [0.15, 0.2) is 4.99 Å². The van der Waals surface area contributed by atoms with Crippen molar-refractivity contribution in [3.63, 3.8) is 0 Å². The van der Waals surface area contributed by atoms with E-state index < -0.39 is 0 Å². The maximum Gasteiger partial charge on any atom is 0.191 e. The second-order valence-electron chi connectivity index (χ2n) is 4.80. The number of hydrogen-bond acceptors (Lipinski definition) is 1. The van der Waals surface area contributed by atoms with Crippen molar-refractivity contribution < 1.29 is 0 Å². The highest BCUT2D eigenvalue weighted by molar-refractivity contribution is 5.79. The molecule has 0 aromatic carbocycles. The van der Waals surface area contributed by atoms with Gasteiger partial charge in [0.25, 0.3) is 0 Å². The summed E-state index contributed by atoms with van der Waals surface area (Å²) in [6, 6.07) is 0.501. The summed E-state index contributed by atoms with van der Waals surface area (Å²) in [6.45, 7) is 8.39. The van der Waals surface area contributed by atoms with E-state index in [1.54, 1.807) is 0 Å². The van der Waals surface area contributed by atoms with Crippen molar-refractivity contribution in [1.29, 1.82) is 0 Å². The molecule has 94 valence electrons. The molecule has 1 rings (SSSR count). The van der Waals surface area contributed by atoms with Gasteiger partial charge in [0.2, 0.25) is 0 Å². The number of nitrogens with zero attached hydrogens (tertiary/aromatic N) is 1. The molecule has 1 aliphatic rings. The molecule has 0 bridgehead atoms. The summed E-state index contributed by atoms with van der Waals surface area (Å²) in [5, 5.41) is 6.70. The van der Waals surface area contributed by atoms with E-state index in [4.69, 9.17) is 0 Å². The molecule has 0 radical (unpaired) electrons. The largest absolute Gasteiger partial charge is 0.357 e. The van der Waals surface area contributed by atoms with Crippen LogP contribution in [0.3, 0.4) is 0 Å². The zero-order valence-electron chi connectivity index (χ0n) is 11.1. The fraction of sp³-hybridized carbons (Fsp3) is 0.923. The van der Waals surface area contributed by atoms with Crippen LogP contribution < -0.4 is 10.6 Å². The van der Waals surface area contributed by atoms with Crippen LogP contribution in [-0.4, -0.2) is 25.1 Å². The molecule has 1 saturated carbocycles. The summed E-state index contributed by atoms with van der Waals surface area (Å²) in [5.74, 6) is 2.01. The van der Waals surface area contributed by atoms with Gasteiger partial charge in [0.15, 0.2) is 5.96 Å². The molecule has 1 atom stereocenters. The SMILES string of the molecule is CCNC(=NCCCC1CC1)NC(C)CC. The van der Waals surface area contributed by atoms with Crippen LogP contribution in [0.2, 0.25) is 0 Å². The Morgan fingerprint density at radius 2 is 2.12 bits per heavy atom. The van der Waals surface area contributed by atoms with E-state index in [-0.39, 0.29) is 0 Å². The molecule has 1 fully saturated rings. The van der Waals surface area contributed by atoms with E-state index in [0.29, 0.717) is 6.04 Å². The van der Waals surface area contributed by atoms with Gasteiger partial charge in [-0.05, 0) is 39.0 Å². The molecular formula is C13H27N3. The Balaban J connectivity index is 2.19. The average molecular weight is 225 g/mol. The van der Waals surface area contributed by atoms with Crippen LogP contribution in [0.25, 0.3) is 0 Å². The second-order valence-corrected chi connectivity index (χ2v) is 4.80. The molecule has 0 saturated heterocycles. The van der Waals surface area contributed by atoms with Crippen molar-refractivity contribution in [1.82, 2.24) is 10.6 Å². The van der Waals surface area contributed by atoms with E-state index >= 15 is 0 Å². The van der Waals surface area contributed by atoms with E-state index in [0.717, 1.165) is 31.4 Å². The maximum atomic E-state index is 4.60. The van der Waals surface area contributed by atoms with Crippen molar-refractivity contribution in [2.75, 3.05) is 13.1 Å². The van der Waals surface area contributed by atoms with Gasteiger partial charge in [-0.3, -0.25) is 4.99 Å². The van der Waals surface area contributed by atoms with Gasteiger partial charge in [-0.1, -0.05) is 19.8 Å². The Hall–Kier alpha value is -0.730. The first-order chi connectivity index (χ1) is 7.76. The first kappa shape index (κ1) is 13.3. The van der Waals surface area contributed by atoms with Crippen LogP contribution in [0.1, 0.15) is 52.9 Å². The molecule has 0 aromatic heterocycles. The molecular weight excluding hydrogens is 198 g/mol. The lowest BCUT2D eigenvalue weighted by Crippen LogP contribution is -2.42. The lowest BCUT2D eigenvalue weighted by molar-refractivity contribution is 0.619. The molecule has 2 N–H and O–H groups in total. The van der Waals surface area contributed by atoms with E-state index in [1.807, 2.05) is 0 Å². The number of rotatable bonds is 7. The van der Waals surface area contributed by atoms with Crippen molar-refractivity contribution >= 4 is 5.96 Å². The molecule has 3 heteroatoms. The number of hydrogen-bond donors (Lipinski definition) is 2. The Bertz CT molecular complexity index is 209. The summed E-state index contributed by atoms with van der Waals surface area (Å²) in [7, 11) is 0. The minimum Gasteiger partial charge on any atom is -0.357 e. The average Bonchev–Trinajstić information content (AvgIpc) is 3.08. The van der Waals surface area contributed by atoms with Gasteiger partial charge in [0.1, 0.15) is 0 Å². The van der Waals surface area contributed by atoms with Gasteiger partial charge in [0, 0.05) is 19.1 Å². The third-order valence-corrected chi connectivity index (χ3v) is 3.08. The molecule has 0 aromatic rings. The third-order valence-electron chi connectivity index (χ3n) is 3.08. The Morgan fingerprint density at radius 1 is 1.38 bits per heavy atom. The van der Waals surface area contributed by atoms with E-state index in [1.165, 1.54) is 25.7 Å². The minimum atomic E-state index is 0.501. The summed E-state index contributed by atoms with van der Waals surface area (Å²) in [6.07, 6.45) is 6.64. The molecule has 3 nitrogen and oxygen atoms in total. The lowest BCUT2D eigenvalue weighted by Gasteiger charge is -2.16. The van der Waals surface area contributed by atoms with Gasteiger partial charge in [-0.25, -0.2) is 0 Å². The normalized spacial score (nSPS) is 18.3. The summed E-state index contributed by atoms with van der Waals surface area (Å²) < 4.78 is 0. The summed E-state index contributed by atoms with van der Waals surface area (Å²) in [4.78, 5) is 4.60. The van der Waals surface area contributed by atoms with Crippen molar-refractivity contribution in [2.45, 2.75) is 58.9 Å². The monoisotopic (exact) mass is 225 g/mol. The second kappa shape index (κ2) is 7.53. The first-order valence-electron chi connectivity index (χ1n) is 6.81. The van der Waals surface area contributed by atoms with Crippen LogP contribution in [0.4, 0.5) is 0 Å². The highest BCUT2D eigenvalue weighted by Crippen LogP contribution is 2.33. The van der Waals surface area contributed by atoms with Crippen LogP contribution in [-0.2, 0) is 0 Å². The van der Waals surface area contributed by atoms with Crippen molar-refractivity contribution in [3.8, 4) is 0 Å². The van der Waals surface area contributed by atoms with Crippen LogP contribution in [0.5, 0.6) is 0 Å². The number of guanidine groups is 1. The zero-order valence-corrected chi connectivity index (χ0v) is 11.1. The number of nitrogens with one attached hydrogen (secondary N) is 2. The minimum absolute atomic E-state index is 0.501. The van der Waals surface area contributed by atoms with E-state index in [2.05, 4.69) is 36.4 Å². The molecule has 1 aliphatic carbocycles. The Kier molecular flexibility index (Phi) is 6.27. The summed E-state index contributed by atoms with van der Waals surface area (Å²) >= 11 is 0. The maximum absolute atomic E-state index is 4.60. The standard InChI is InChI=1S/C13H27N3/c1-4-11(3)16-13(14-5-2)15-10-6-7-12-8-9-12/h11-12H,4-10H2,1-3H3,(H2,14,15,16). The predicted octanol–water partition coefficient (Wildman–Crippen LogP) is 2.53. The Morgan fingerprint density at radius 3 is 2.69 bits per heavy atom. The topological polar surface area (TPSA) is 36.4 Å². The zero-order chi connectivity index (χ0) is 11.8. The van der Waals surface area contributed by atoms with Gasteiger partial charge in [-0.15, -0.1) is 0 Å². The smallest absolute Gasteiger partial charge is 0.191 e. The van der Waals surface area contributed by atoms with Crippen molar-refractivity contribution in [2.24, 2.45) is 10.9 Å². The van der Waals surface area contributed by atoms with Crippen LogP contribution >= 0.6 is 0 Å². The van der Waals surface area contributed by atoms with Crippen molar-refractivity contribution in [3.05, 3.63) is 0 Å². The number of aliphatic imine (C=N–C) groups is 1. The Labute approximate surface area is 100 Å². The van der Waals surface area contributed by atoms with Gasteiger partial charge >= 0.3 is 0 Å². The fourth-order valence-corrected chi connectivity index (χ4v) is 1.63. The molecule has 0 heterocycles. The lowest BCUT2D eigenvalue weighted by atomic mass is 10.2. The highest BCUT2D eigenvalue weighted by Gasteiger charge is 2.19. The summed E-state index contributed by atoms with van der Waals surface area (Å²) in [5.41, 5.74) is 0. The molecule has 0 amide bonds. The first-order valence-corrected chi connectivity index (χ1v) is 6.81. The fourth-order valence-electron chi connectivity index (χ4n) is 1.63. The van der Waals surface area contributed by atoms with Gasteiger partial charge in [-0.2, -0.15) is 0 Å². The predicted molar refractivity (Wildman–Crippen MR) is 70.8 cm³/mol. The van der Waals surface area contributed by atoms with E-state index in [9.17, 15) is 0 Å². The molecule has 0 aliphatic heterocycles. The van der Waals surface area contributed by atoms with Gasteiger partial charge in [0.05, 0.1) is 0 Å². The highest BCUT2D eigenvalue weighted by atomic mass is 15.2. The third kappa shape index (κ3) is 5.99. The molecule has 0 spiro atoms. The quantitative estimate of drug-likeness (QED) is 0.397.